The summed E-state index contributed by atoms with van der Waals surface area (Å²) in [5.74, 6) is 0. The van der Waals surface area contributed by atoms with E-state index in [2.05, 4.69) is 14.9 Å². The summed E-state index contributed by atoms with van der Waals surface area (Å²) in [5.41, 5.74) is 5.63. The van der Waals surface area contributed by atoms with Gasteiger partial charge in [-0.2, -0.15) is 5.10 Å². The Morgan fingerprint density at radius 2 is 2.32 bits per heavy atom. The van der Waals surface area contributed by atoms with Crippen molar-refractivity contribution in [2.75, 3.05) is 5.73 Å². The minimum atomic E-state index is -3.83. The van der Waals surface area contributed by atoms with E-state index in [1.54, 1.807) is 0 Å². The van der Waals surface area contributed by atoms with Gasteiger partial charge in [0.15, 0.2) is 5.00 Å². The van der Waals surface area contributed by atoms with Crippen molar-refractivity contribution in [1.82, 2.24) is 14.9 Å². The number of aromatic amines is 1. The summed E-state index contributed by atoms with van der Waals surface area (Å²) < 4.78 is 25.9. The van der Waals surface area contributed by atoms with Gasteiger partial charge in [0.2, 0.25) is 0 Å². The average Bonchev–Trinajstić information content (AvgIpc) is 2.95. The van der Waals surface area contributed by atoms with Crippen molar-refractivity contribution in [2.24, 2.45) is 0 Å². The second-order valence-electron chi connectivity index (χ2n) is 3.50. The summed E-state index contributed by atoms with van der Waals surface area (Å²) in [4.78, 5) is 9.89. The minimum Gasteiger partial charge on any atom is -0.385 e. The molecule has 102 valence electrons. The van der Waals surface area contributed by atoms with Crippen molar-refractivity contribution in [1.29, 1.82) is 0 Å². The van der Waals surface area contributed by atoms with Crippen molar-refractivity contribution in [3.8, 4) is 0 Å². The third kappa shape index (κ3) is 2.89. The number of sulfonamides is 1. The third-order valence-electron chi connectivity index (χ3n) is 2.20. The van der Waals surface area contributed by atoms with E-state index in [1.165, 1.54) is 12.4 Å². The Morgan fingerprint density at radius 3 is 2.84 bits per heavy atom. The maximum absolute atomic E-state index is 11.9. The van der Waals surface area contributed by atoms with Gasteiger partial charge in [-0.15, -0.1) is 0 Å². The van der Waals surface area contributed by atoms with E-state index in [4.69, 9.17) is 5.73 Å². The first-order valence-corrected chi connectivity index (χ1v) is 7.21. The number of rotatable bonds is 5. The van der Waals surface area contributed by atoms with Crippen molar-refractivity contribution in [2.45, 2.75) is 10.8 Å². The Kier molecular flexibility index (Phi) is 3.50. The second kappa shape index (κ2) is 4.95. The van der Waals surface area contributed by atoms with Crippen molar-refractivity contribution < 1.29 is 13.3 Å². The molecule has 19 heavy (non-hydrogen) atoms. The number of nitro groups is 1. The Balaban J connectivity index is 2.20. The number of nitrogens with two attached hydrogens (primary N) is 1. The van der Waals surface area contributed by atoms with Gasteiger partial charge in [0.25, 0.3) is 10.0 Å². The van der Waals surface area contributed by atoms with Crippen LogP contribution in [0.3, 0.4) is 0 Å². The predicted molar refractivity (Wildman–Crippen MR) is 68.0 cm³/mol. The van der Waals surface area contributed by atoms with E-state index in [9.17, 15) is 18.5 Å². The van der Waals surface area contributed by atoms with Gasteiger partial charge < -0.3 is 5.73 Å². The largest absolute Gasteiger partial charge is 0.385 e. The van der Waals surface area contributed by atoms with E-state index >= 15 is 0 Å². The van der Waals surface area contributed by atoms with Crippen LogP contribution in [0.5, 0.6) is 0 Å². The minimum absolute atomic E-state index is 0.0322. The number of nitrogens with zero attached hydrogens (tertiary/aromatic N) is 2. The van der Waals surface area contributed by atoms with Crippen LogP contribution in [-0.4, -0.2) is 23.5 Å². The molecule has 0 aliphatic carbocycles. The number of nitrogen functional groups attached to an aromatic ring is 1. The summed E-state index contributed by atoms with van der Waals surface area (Å²) >= 11 is 0.649. The Hall–Kier alpha value is -1.98. The highest BCUT2D eigenvalue weighted by Gasteiger charge is 2.24. The van der Waals surface area contributed by atoms with E-state index in [1.807, 2.05) is 0 Å². The average molecular weight is 303 g/mol. The topological polar surface area (TPSA) is 144 Å². The summed E-state index contributed by atoms with van der Waals surface area (Å²) in [6.45, 7) is 0.0322. The van der Waals surface area contributed by atoms with Crippen LogP contribution in [0.1, 0.15) is 5.56 Å². The lowest BCUT2D eigenvalue weighted by atomic mass is 10.4. The first kappa shape index (κ1) is 13.5. The van der Waals surface area contributed by atoms with Gasteiger partial charge >= 0.3 is 5.69 Å². The maximum atomic E-state index is 11.9. The predicted octanol–water partition coefficient (Wildman–Crippen LogP) is 0.440. The number of nitrogens with one attached hydrogen (secondary N) is 2. The van der Waals surface area contributed by atoms with Crippen LogP contribution in [0.25, 0.3) is 0 Å². The van der Waals surface area contributed by atoms with Gasteiger partial charge in [-0.25, -0.2) is 13.1 Å². The molecule has 9 nitrogen and oxygen atoms in total. The Morgan fingerprint density at radius 1 is 1.58 bits per heavy atom. The second-order valence-corrected chi connectivity index (χ2v) is 6.58. The Labute approximate surface area is 111 Å². The molecule has 0 atom stereocenters. The number of H-pyrrole nitrogens is 1. The number of thiophene rings is 1. The molecule has 0 unspecified atom stereocenters. The highest BCUT2D eigenvalue weighted by atomic mass is 32.2. The van der Waals surface area contributed by atoms with E-state index in [0.29, 0.717) is 16.9 Å². The molecule has 11 heteroatoms. The summed E-state index contributed by atoms with van der Waals surface area (Å²) in [6.07, 6.45) is 3.00. The quantitative estimate of drug-likeness (QED) is 0.540. The van der Waals surface area contributed by atoms with Crippen molar-refractivity contribution >= 4 is 32.0 Å². The molecule has 2 heterocycles. The molecule has 0 bridgehead atoms. The van der Waals surface area contributed by atoms with Crippen LogP contribution in [0.2, 0.25) is 0 Å². The van der Waals surface area contributed by atoms with Crippen molar-refractivity contribution in [3.05, 3.63) is 34.1 Å². The van der Waals surface area contributed by atoms with E-state index in [0.717, 1.165) is 6.07 Å². The van der Waals surface area contributed by atoms with Crippen LogP contribution in [-0.2, 0) is 16.6 Å². The molecule has 2 aromatic heterocycles. The molecule has 0 saturated carbocycles. The lowest BCUT2D eigenvalue weighted by molar-refractivity contribution is -0.383. The third-order valence-corrected chi connectivity index (χ3v) is 5.03. The summed E-state index contributed by atoms with van der Waals surface area (Å²) in [5, 5.41) is 16.7. The zero-order chi connectivity index (χ0) is 14.0. The van der Waals surface area contributed by atoms with Crippen LogP contribution in [0, 0.1) is 10.1 Å². The normalized spacial score (nSPS) is 11.6. The number of anilines is 1. The fourth-order valence-corrected chi connectivity index (χ4v) is 3.55. The van der Waals surface area contributed by atoms with Gasteiger partial charge in [0.05, 0.1) is 11.1 Å². The molecular weight excluding hydrogens is 294 g/mol. The molecule has 2 rings (SSSR count). The monoisotopic (exact) mass is 303 g/mol. The smallest absolute Gasteiger partial charge is 0.304 e. The van der Waals surface area contributed by atoms with Gasteiger partial charge in [0.1, 0.15) is 4.21 Å². The highest BCUT2D eigenvalue weighted by Crippen LogP contribution is 2.34. The van der Waals surface area contributed by atoms with E-state index in [-0.39, 0.29) is 15.8 Å². The molecule has 0 saturated heterocycles. The van der Waals surface area contributed by atoms with Gasteiger partial charge in [-0.05, 0) is 0 Å². The molecule has 0 aromatic carbocycles. The SMILES string of the molecule is Nc1sc(S(=O)(=O)NCc2cn[nH]c2)cc1[N+](=O)[O-]. The highest BCUT2D eigenvalue weighted by molar-refractivity contribution is 7.91. The zero-order valence-electron chi connectivity index (χ0n) is 9.36. The first-order valence-electron chi connectivity index (χ1n) is 4.91. The molecule has 2 aromatic rings. The molecule has 0 aliphatic rings. The van der Waals surface area contributed by atoms with Gasteiger partial charge in [0, 0.05) is 24.4 Å². The fraction of sp³-hybridized carbons (Fsp3) is 0.125. The number of hydrogen-bond donors (Lipinski definition) is 3. The van der Waals surface area contributed by atoms with Crippen molar-refractivity contribution in [3.63, 3.8) is 0 Å². The lowest BCUT2D eigenvalue weighted by Crippen LogP contribution is -2.22. The number of aromatic nitrogens is 2. The van der Waals surface area contributed by atoms with Crippen LogP contribution in [0.15, 0.2) is 22.7 Å². The lowest BCUT2D eigenvalue weighted by Gasteiger charge is -2.01. The Bertz CT molecular complexity index is 691. The van der Waals surface area contributed by atoms with Crippen LogP contribution in [0.4, 0.5) is 10.7 Å². The molecule has 0 fully saturated rings. The first-order chi connectivity index (χ1) is 8.90. The van der Waals surface area contributed by atoms with Gasteiger partial charge in [-0.3, -0.25) is 15.2 Å². The van der Waals surface area contributed by atoms with Crippen LogP contribution < -0.4 is 10.5 Å². The molecule has 0 radical (unpaired) electrons. The molecule has 4 N–H and O–H groups in total. The molecule has 0 spiro atoms. The van der Waals surface area contributed by atoms with Gasteiger partial charge in [-0.1, -0.05) is 11.3 Å². The number of hydrogen-bond acceptors (Lipinski definition) is 7. The van der Waals surface area contributed by atoms with E-state index < -0.39 is 20.6 Å². The standard InChI is InChI=1S/C8H9N5O4S2/c9-8-6(13(14)15)1-7(18-8)19(16,17)12-4-5-2-10-11-3-5/h1-3,12H,4,9H2,(H,10,11). The summed E-state index contributed by atoms with van der Waals surface area (Å²) in [6, 6.07) is 0.942. The molecular formula is C8H9N5O4S2. The van der Waals surface area contributed by atoms with Crippen LogP contribution >= 0.6 is 11.3 Å². The zero-order valence-corrected chi connectivity index (χ0v) is 11.0. The molecule has 0 aliphatic heterocycles. The fourth-order valence-electron chi connectivity index (χ4n) is 1.27. The summed E-state index contributed by atoms with van der Waals surface area (Å²) in [7, 11) is -3.83. The molecule has 0 amide bonds. The maximum Gasteiger partial charge on any atom is 0.304 e.